The summed E-state index contributed by atoms with van der Waals surface area (Å²) in [5, 5.41) is 2.58. The third-order valence-electron chi connectivity index (χ3n) is 3.56. The Morgan fingerprint density at radius 1 is 1.35 bits per heavy atom. The second-order valence-electron chi connectivity index (χ2n) is 4.57. The van der Waals surface area contributed by atoms with Gasteiger partial charge in [-0.25, -0.2) is 8.78 Å². The largest absolute Gasteiger partial charge is 0.392 e. The Morgan fingerprint density at radius 3 is 2.45 bits per heavy atom. The average Bonchev–Trinajstić information content (AvgIpc) is 2.41. The number of nitrogens with two attached hydrogens (primary N) is 1. The molecule has 3 nitrogen and oxygen atoms in total. The van der Waals surface area contributed by atoms with E-state index in [1.165, 1.54) is 0 Å². The molecule has 0 unspecified atom stereocenters. The maximum Gasteiger partial charge on any atom is 0.233 e. The molecule has 0 aromatic heterocycles. The van der Waals surface area contributed by atoms with Crippen LogP contribution in [0.15, 0.2) is 18.2 Å². The number of hydrogen-bond acceptors (Lipinski definition) is 2. The first-order chi connectivity index (χ1) is 9.37. The Morgan fingerprint density at radius 2 is 1.95 bits per heavy atom. The van der Waals surface area contributed by atoms with Gasteiger partial charge in [0.1, 0.15) is 11.6 Å². The summed E-state index contributed by atoms with van der Waals surface area (Å²) < 4.78 is 26.5. The lowest BCUT2D eigenvalue weighted by molar-refractivity contribution is -0.128. The Kier molecular flexibility index (Phi) is 5.56. The van der Waals surface area contributed by atoms with Crippen LogP contribution in [0.25, 0.3) is 0 Å². The van der Waals surface area contributed by atoms with Gasteiger partial charge in [0, 0.05) is 12.1 Å². The number of nitrogens with one attached hydrogen (secondary N) is 1. The molecule has 0 saturated heterocycles. The number of thiocarbonyl (C=S) groups is 1. The van der Waals surface area contributed by atoms with Gasteiger partial charge in [-0.05, 0) is 31.0 Å². The summed E-state index contributed by atoms with van der Waals surface area (Å²) in [5.74, 6) is -1.48. The molecule has 0 aliphatic heterocycles. The molecule has 0 spiro atoms. The van der Waals surface area contributed by atoms with Gasteiger partial charge in [0.15, 0.2) is 0 Å². The van der Waals surface area contributed by atoms with Gasteiger partial charge in [-0.15, -0.1) is 0 Å². The van der Waals surface area contributed by atoms with E-state index in [9.17, 15) is 13.6 Å². The SMILES string of the molecule is CCC(CC)(C(=O)NCc1cc(F)ccc1F)C(N)=S. The van der Waals surface area contributed by atoms with Crippen molar-refractivity contribution in [3.8, 4) is 0 Å². The molecule has 0 atom stereocenters. The summed E-state index contributed by atoms with van der Waals surface area (Å²) in [6, 6.07) is 3.10. The van der Waals surface area contributed by atoms with Crippen LogP contribution in [0, 0.1) is 17.0 Å². The fraction of sp³-hybridized carbons (Fsp3) is 0.429. The minimum atomic E-state index is -0.945. The van der Waals surface area contributed by atoms with E-state index >= 15 is 0 Å². The molecule has 1 aromatic carbocycles. The number of amides is 1. The smallest absolute Gasteiger partial charge is 0.233 e. The zero-order chi connectivity index (χ0) is 15.3. The Balaban J connectivity index is 2.85. The van der Waals surface area contributed by atoms with E-state index in [2.05, 4.69) is 5.32 Å². The minimum absolute atomic E-state index is 0.0856. The number of carbonyl (C=O) groups excluding carboxylic acids is 1. The first-order valence-electron chi connectivity index (χ1n) is 6.39. The minimum Gasteiger partial charge on any atom is -0.392 e. The van der Waals surface area contributed by atoms with Crippen molar-refractivity contribution in [2.24, 2.45) is 11.1 Å². The van der Waals surface area contributed by atoms with E-state index in [-0.39, 0.29) is 23.0 Å². The fourth-order valence-corrected chi connectivity index (χ4v) is 2.44. The average molecular weight is 300 g/mol. The topological polar surface area (TPSA) is 55.1 Å². The molecule has 20 heavy (non-hydrogen) atoms. The van der Waals surface area contributed by atoms with Crippen molar-refractivity contribution < 1.29 is 13.6 Å². The zero-order valence-electron chi connectivity index (χ0n) is 11.5. The van der Waals surface area contributed by atoms with Gasteiger partial charge in [0.05, 0.1) is 10.4 Å². The van der Waals surface area contributed by atoms with Crippen LogP contribution in [0.4, 0.5) is 8.78 Å². The van der Waals surface area contributed by atoms with Crippen molar-refractivity contribution in [2.75, 3.05) is 0 Å². The van der Waals surface area contributed by atoms with Crippen molar-refractivity contribution in [3.63, 3.8) is 0 Å². The van der Waals surface area contributed by atoms with Crippen LogP contribution in [-0.4, -0.2) is 10.9 Å². The fourth-order valence-electron chi connectivity index (χ4n) is 2.05. The molecule has 0 heterocycles. The van der Waals surface area contributed by atoms with Gasteiger partial charge < -0.3 is 11.1 Å². The van der Waals surface area contributed by atoms with Crippen molar-refractivity contribution in [3.05, 3.63) is 35.4 Å². The summed E-state index contributed by atoms with van der Waals surface area (Å²) in [7, 11) is 0. The molecular weight excluding hydrogens is 282 g/mol. The number of rotatable bonds is 6. The Hall–Kier alpha value is -1.56. The molecule has 0 saturated carbocycles. The molecule has 1 aromatic rings. The Labute approximate surface area is 122 Å². The van der Waals surface area contributed by atoms with Crippen LogP contribution in [0.2, 0.25) is 0 Å². The summed E-state index contributed by atoms with van der Waals surface area (Å²) >= 11 is 4.96. The molecule has 0 fully saturated rings. The number of halogens is 2. The lowest BCUT2D eigenvalue weighted by Crippen LogP contribution is -2.48. The van der Waals surface area contributed by atoms with Crippen LogP contribution >= 0.6 is 12.2 Å². The van der Waals surface area contributed by atoms with Crippen molar-refractivity contribution in [1.29, 1.82) is 0 Å². The molecule has 0 aliphatic rings. The monoisotopic (exact) mass is 300 g/mol. The summed E-state index contributed by atoms with van der Waals surface area (Å²) in [6.07, 6.45) is 0.909. The molecule has 1 amide bonds. The highest BCUT2D eigenvalue weighted by molar-refractivity contribution is 7.80. The first-order valence-corrected chi connectivity index (χ1v) is 6.80. The molecule has 1 rings (SSSR count). The predicted octanol–water partition coefficient (Wildman–Crippen LogP) is 2.67. The van der Waals surface area contributed by atoms with Crippen LogP contribution in [-0.2, 0) is 11.3 Å². The maximum atomic E-state index is 13.5. The number of benzene rings is 1. The number of hydrogen-bond donors (Lipinski definition) is 2. The molecule has 0 radical (unpaired) electrons. The molecule has 110 valence electrons. The normalized spacial score (nSPS) is 11.2. The molecule has 0 aliphatic carbocycles. The van der Waals surface area contributed by atoms with E-state index in [4.69, 9.17) is 18.0 Å². The third kappa shape index (κ3) is 3.30. The molecule has 3 N–H and O–H groups in total. The van der Waals surface area contributed by atoms with Gasteiger partial charge in [0.25, 0.3) is 0 Å². The maximum absolute atomic E-state index is 13.5. The van der Waals surface area contributed by atoms with Crippen LogP contribution < -0.4 is 11.1 Å². The van der Waals surface area contributed by atoms with Gasteiger partial charge in [-0.1, -0.05) is 26.1 Å². The van der Waals surface area contributed by atoms with Gasteiger partial charge in [-0.3, -0.25) is 4.79 Å². The lowest BCUT2D eigenvalue weighted by atomic mass is 9.81. The quantitative estimate of drug-likeness (QED) is 0.794. The highest BCUT2D eigenvalue weighted by Gasteiger charge is 2.37. The Bertz CT molecular complexity index is 516. The van der Waals surface area contributed by atoms with E-state index < -0.39 is 17.0 Å². The summed E-state index contributed by atoms with van der Waals surface area (Å²) in [5.41, 5.74) is 4.79. The third-order valence-corrected chi connectivity index (χ3v) is 3.95. The van der Waals surface area contributed by atoms with Crippen molar-refractivity contribution in [2.45, 2.75) is 33.2 Å². The first kappa shape index (κ1) is 16.5. The zero-order valence-corrected chi connectivity index (χ0v) is 12.3. The van der Waals surface area contributed by atoms with Gasteiger partial charge in [0.2, 0.25) is 5.91 Å². The molecule has 6 heteroatoms. The van der Waals surface area contributed by atoms with E-state index in [1.54, 1.807) is 0 Å². The van der Waals surface area contributed by atoms with Crippen LogP contribution in [0.1, 0.15) is 32.3 Å². The van der Waals surface area contributed by atoms with E-state index in [0.717, 1.165) is 18.2 Å². The molecular formula is C14H18F2N2OS. The summed E-state index contributed by atoms with van der Waals surface area (Å²) in [4.78, 5) is 12.4. The highest BCUT2D eigenvalue weighted by Crippen LogP contribution is 2.27. The van der Waals surface area contributed by atoms with Gasteiger partial charge in [-0.2, -0.15) is 0 Å². The summed E-state index contributed by atoms with van der Waals surface area (Å²) in [6.45, 7) is 3.52. The highest BCUT2D eigenvalue weighted by atomic mass is 32.1. The van der Waals surface area contributed by atoms with E-state index in [1.807, 2.05) is 13.8 Å². The second-order valence-corrected chi connectivity index (χ2v) is 5.01. The standard InChI is InChI=1S/C14H18F2N2OS/c1-3-14(4-2,12(17)20)13(19)18-8-9-7-10(15)5-6-11(9)16/h5-7H,3-4,8H2,1-2H3,(H2,17,20)(H,18,19). The van der Waals surface area contributed by atoms with Crippen molar-refractivity contribution >= 4 is 23.1 Å². The lowest BCUT2D eigenvalue weighted by Gasteiger charge is -2.28. The number of carbonyl (C=O) groups is 1. The van der Waals surface area contributed by atoms with Crippen LogP contribution in [0.5, 0.6) is 0 Å². The van der Waals surface area contributed by atoms with Gasteiger partial charge >= 0.3 is 0 Å². The predicted molar refractivity (Wildman–Crippen MR) is 78.0 cm³/mol. The van der Waals surface area contributed by atoms with Crippen LogP contribution in [0.3, 0.4) is 0 Å². The molecule has 0 bridgehead atoms. The second kappa shape index (κ2) is 6.74. The van der Waals surface area contributed by atoms with Crippen molar-refractivity contribution in [1.82, 2.24) is 5.32 Å². The van der Waals surface area contributed by atoms with E-state index in [0.29, 0.717) is 12.8 Å².